The third-order valence-electron chi connectivity index (χ3n) is 4.12. The molecular formula is C19H17ClFNO4. The Bertz CT molecular complexity index is 810. The number of halogens is 2. The molecule has 0 spiro atoms. The number of carboxylic acid groups (broad SMARTS) is 1. The zero-order chi connectivity index (χ0) is 18.7. The summed E-state index contributed by atoms with van der Waals surface area (Å²) in [4.78, 5) is 25.6. The average molecular weight is 378 g/mol. The molecule has 1 N–H and O–H groups in total. The Labute approximate surface area is 154 Å². The van der Waals surface area contributed by atoms with Crippen molar-refractivity contribution in [2.45, 2.75) is 31.5 Å². The molecule has 7 heteroatoms. The van der Waals surface area contributed by atoms with E-state index in [-0.39, 0.29) is 23.2 Å². The number of carbonyl (C=O) groups excluding carboxylic acids is 1. The first kappa shape index (κ1) is 18.2. The number of nitrogens with zero attached hydrogens (tertiary/aromatic N) is 1. The first-order valence-corrected chi connectivity index (χ1v) is 8.52. The van der Waals surface area contributed by atoms with Crippen LogP contribution in [0.1, 0.15) is 30.0 Å². The van der Waals surface area contributed by atoms with Crippen molar-refractivity contribution >= 4 is 23.7 Å². The minimum Gasteiger partial charge on any atom is -0.479 e. The Morgan fingerprint density at radius 2 is 1.92 bits per heavy atom. The van der Waals surface area contributed by atoms with Gasteiger partial charge in [-0.2, -0.15) is 0 Å². The molecule has 5 nitrogen and oxygen atoms in total. The smallest absolute Gasteiger partial charge is 0.411 e. The van der Waals surface area contributed by atoms with Gasteiger partial charge in [-0.3, -0.25) is 4.90 Å². The van der Waals surface area contributed by atoms with Crippen molar-refractivity contribution in [3.05, 3.63) is 70.5 Å². The highest BCUT2D eigenvalue weighted by Crippen LogP contribution is 2.37. The lowest BCUT2D eigenvalue weighted by atomic mass is 10.0. The Balaban J connectivity index is 1.85. The van der Waals surface area contributed by atoms with Gasteiger partial charge in [-0.25, -0.2) is 14.0 Å². The summed E-state index contributed by atoms with van der Waals surface area (Å²) in [6.45, 7) is 0.00720. The predicted molar refractivity (Wildman–Crippen MR) is 93.3 cm³/mol. The number of aliphatic carboxylic acids is 1. The molecule has 1 atom stereocenters. The van der Waals surface area contributed by atoms with Crippen molar-refractivity contribution in [2.24, 2.45) is 0 Å². The molecule has 2 aromatic rings. The fourth-order valence-corrected chi connectivity index (χ4v) is 2.92. The number of ether oxygens (including phenoxy) is 1. The fourth-order valence-electron chi connectivity index (χ4n) is 2.74. The molecule has 1 aliphatic rings. The number of carboxylic acids is 1. The van der Waals surface area contributed by atoms with Crippen LogP contribution < -0.4 is 0 Å². The molecule has 26 heavy (non-hydrogen) atoms. The highest BCUT2D eigenvalue weighted by atomic mass is 35.5. The van der Waals surface area contributed by atoms with Crippen molar-refractivity contribution in [2.75, 3.05) is 0 Å². The lowest BCUT2D eigenvalue weighted by Gasteiger charge is -2.29. The Morgan fingerprint density at radius 3 is 2.54 bits per heavy atom. The summed E-state index contributed by atoms with van der Waals surface area (Å²) < 4.78 is 19.5. The summed E-state index contributed by atoms with van der Waals surface area (Å²) in [5.41, 5.74) is 0.617. The predicted octanol–water partition coefficient (Wildman–Crippen LogP) is 4.41. The third-order valence-corrected chi connectivity index (χ3v) is 4.36. The van der Waals surface area contributed by atoms with Crippen LogP contribution in [0.2, 0.25) is 5.02 Å². The summed E-state index contributed by atoms with van der Waals surface area (Å²) in [6.07, 6.45) is 0.502. The van der Waals surface area contributed by atoms with Gasteiger partial charge in [0.25, 0.3) is 0 Å². The Morgan fingerprint density at radius 1 is 1.23 bits per heavy atom. The molecular weight excluding hydrogens is 361 g/mol. The van der Waals surface area contributed by atoms with Crippen LogP contribution in [0.5, 0.6) is 0 Å². The van der Waals surface area contributed by atoms with Gasteiger partial charge in [-0.1, -0.05) is 41.9 Å². The highest BCUT2D eigenvalue weighted by molar-refractivity contribution is 6.30. The van der Waals surface area contributed by atoms with Gasteiger partial charge in [0.2, 0.25) is 0 Å². The molecule has 0 bridgehead atoms. The second-order valence-corrected chi connectivity index (χ2v) is 6.52. The van der Waals surface area contributed by atoms with Crippen molar-refractivity contribution in [3.8, 4) is 0 Å². The summed E-state index contributed by atoms with van der Waals surface area (Å²) in [5.74, 6) is -2.07. The van der Waals surface area contributed by atoms with E-state index in [2.05, 4.69) is 0 Å². The van der Waals surface area contributed by atoms with E-state index in [9.17, 15) is 19.1 Å². The molecule has 136 valence electrons. The largest absolute Gasteiger partial charge is 0.479 e. The third kappa shape index (κ3) is 4.14. The summed E-state index contributed by atoms with van der Waals surface area (Å²) in [7, 11) is 0. The average Bonchev–Trinajstić information content (AvgIpc) is 3.45. The van der Waals surface area contributed by atoms with E-state index in [4.69, 9.17) is 16.3 Å². The normalized spacial score (nSPS) is 14.5. The lowest BCUT2D eigenvalue weighted by Crippen LogP contribution is -2.41. The summed E-state index contributed by atoms with van der Waals surface area (Å²) in [5, 5.41) is 9.86. The van der Waals surface area contributed by atoms with Crippen LogP contribution in [-0.4, -0.2) is 28.1 Å². The molecule has 2 aromatic carbocycles. The molecule has 0 saturated heterocycles. The van der Waals surface area contributed by atoms with Gasteiger partial charge < -0.3 is 9.84 Å². The highest BCUT2D eigenvalue weighted by Gasteiger charge is 2.43. The zero-order valence-electron chi connectivity index (χ0n) is 13.8. The van der Waals surface area contributed by atoms with E-state index in [0.29, 0.717) is 12.8 Å². The molecule has 0 heterocycles. The second kappa shape index (κ2) is 7.74. The molecule has 0 aliphatic heterocycles. The lowest BCUT2D eigenvalue weighted by molar-refractivity contribution is -0.143. The molecule has 3 rings (SSSR count). The standard InChI is InChI=1S/C19H17ClFNO4/c20-13-6-9-16(21)15(10-13)17(18(23)24)22(14-7-8-14)19(25)26-11-12-4-2-1-3-5-12/h1-6,9-10,14,17H,7-8,11H2,(H,23,24). The van der Waals surface area contributed by atoms with Crippen LogP contribution in [0.3, 0.4) is 0 Å². The van der Waals surface area contributed by atoms with Crippen LogP contribution in [0.4, 0.5) is 9.18 Å². The maximum atomic E-state index is 14.2. The molecule has 1 fully saturated rings. The van der Waals surface area contributed by atoms with Crippen LogP contribution >= 0.6 is 11.6 Å². The molecule has 1 unspecified atom stereocenters. The van der Waals surface area contributed by atoms with Gasteiger partial charge in [0.1, 0.15) is 12.4 Å². The minimum absolute atomic E-state index is 0.00720. The number of hydrogen-bond acceptors (Lipinski definition) is 3. The molecule has 0 aromatic heterocycles. The number of amides is 1. The summed E-state index contributed by atoms with van der Waals surface area (Å²) in [6, 6.07) is 10.9. The number of benzene rings is 2. The van der Waals surface area contributed by atoms with Gasteiger partial charge in [0, 0.05) is 16.6 Å². The Hall–Kier alpha value is -2.60. The van der Waals surface area contributed by atoms with E-state index in [1.807, 2.05) is 18.2 Å². The van der Waals surface area contributed by atoms with Crippen LogP contribution in [0.15, 0.2) is 48.5 Å². The molecule has 1 amide bonds. The van der Waals surface area contributed by atoms with E-state index < -0.39 is 23.9 Å². The molecule has 1 aliphatic carbocycles. The molecule has 0 radical (unpaired) electrons. The fraction of sp³-hybridized carbons (Fsp3) is 0.263. The van der Waals surface area contributed by atoms with E-state index in [0.717, 1.165) is 16.5 Å². The van der Waals surface area contributed by atoms with Crippen molar-refractivity contribution in [1.82, 2.24) is 4.90 Å². The van der Waals surface area contributed by atoms with Gasteiger partial charge in [0.15, 0.2) is 6.04 Å². The quantitative estimate of drug-likeness (QED) is 0.809. The van der Waals surface area contributed by atoms with Gasteiger partial charge in [0.05, 0.1) is 0 Å². The van der Waals surface area contributed by atoms with Gasteiger partial charge in [-0.15, -0.1) is 0 Å². The first-order valence-electron chi connectivity index (χ1n) is 8.14. The molecule has 1 saturated carbocycles. The topological polar surface area (TPSA) is 66.8 Å². The Kier molecular flexibility index (Phi) is 5.42. The van der Waals surface area contributed by atoms with E-state index in [1.165, 1.54) is 12.1 Å². The number of rotatable bonds is 6. The zero-order valence-corrected chi connectivity index (χ0v) is 14.5. The van der Waals surface area contributed by atoms with Crippen LogP contribution in [0.25, 0.3) is 0 Å². The maximum absolute atomic E-state index is 14.2. The summed E-state index contributed by atoms with van der Waals surface area (Å²) >= 11 is 5.89. The SMILES string of the molecule is O=C(O)C(c1cc(Cl)ccc1F)N(C(=O)OCc1ccccc1)C1CC1. The van der Waals surface area contributed by atoms with Gasteiger partial charge in [-0.05, 0) is 36.6 Å². The number of carbonyl (C=O) groups is 2. The van der Waals surface area contributed by atoms with Crippen molar-refractivity contribution < 1.29 is 23.8 Å². The van der Waals surface area contributed by atoms with E-state index in [1.54, 1.807) is 12.1 Å². The second-order valence-electron chi connectivity index (χ2n) is 6.09. The van der Waals surface area contributed by atoms with Crippen molar-refractivity contribution in [3.63, 3.8) is 0 Å². The number of hydrogen-bond donors (Lipinski definition) is 1. The van der Waals surface area contributed by atoms with Crippen molar-refractivity contribution in [1.29, 1.82) is 0 Å². The maximum Gasteiger partial charge on any atom is 0.411 e. The minimum atomic E-state index is -1.50. The van der Waals surface area contributed by atoms with E-state index >= 15 is 0 Å². The van der Waals surface area contributed by atoms with Crippen LogP contribution in [0, 0.1) is 5.82 Å². The van der Waals surface area contributed by atoms with Crippen LogP contribution in [-0.2, 0) is 16.1 Å². The first-order chi connectivity index (χ1) is 12.5. The monoisotopic (exact) mass is 377 g/mol. The van der Waals surface area contributed by atoms with Gasteiger partial charge >= 0.3 is 12.1 Å².